The molecule has 3 nitrogen and oxygen atoms in total. The van der Waals surface area contributed by atoms with Crippen LogP contribution in [0.3, 0.4) is 0 Å². The summed E-state index contributed by atoms with van der Waals surface area (Å²) in [5, 5.41) is 0. The summed E-state index contributed by atoms with van der Waals surface area (Å²) in [4.78, 5) is 12.4. The predicted molar refractivity (Wildman–Crippen MR) is 103 cm³/mol. The summed E-state index contributed by atoms with van der Waals surface area (Å²) < 4.78 is 0. The number of benzene rings is 2. The molecule has 0 radical (unpaired) electrons. The molecule has 0 unspecified atom stereocenters. The number of hydrogen-bond donors (Lipinski definition) is 1. The average molecular weight is 323 g/mol. The average Bonchev–Trinajstić information content (AvgIpc) is 3.13. The van der Waals surface area contributed by atoms with Crippen LogP contribution >= 0.6 is 0 Å². The maximum Gasteiger partial charge on any atom is 0.131 e. The van der Waals surface area contributed by atoms with E-state index in [-0.39, 0.29) is 0 Å². The van der Waals surface area contributed by atoms with Gasteiger partial charge in [-0.05, 0) is 23.8 Å². The number of aromatic amines is 1. The van der Waals surface area contributed by atoms with Crippen LogP contribution in [0.5, 0.6) is 0 Å². The van der Waals surface area contributed by atoms with Crippen molar-refractivity contribution in [3.8, 4) is 22.5 Å². The Balaban J connectivity index is 1.77. The molecule has 0 bridgehead atoms. The molecular weight excluding hydrogens is 306 g/mol. The number of rotatable bonds is 4. The van der Waals surface area contributed by atoms with Crippen molar-refractivity contribution in [3.63, 3.8) is 0 Å². The second-order valence-electron chi connectivity index (χ2n) is 5.69. The van der Waals surface area contributed by atoms with Crippen LogP contribution in [0.1, 0.15) is 11.4 Å². The molecule has 4 rings (SSSR count). The first-order valence-corrected chi connectivity index (χ1v) is 8.19. The third kappa shape index (κ3) is 3.40. The first kappa shape index (κ1) is 15.1. The van der Waals surface area contributed by atoms with Crippen molar-refractivity contribution in [1.29, 1.82) is 0 Å². The Bertz CT molecular complexity index is 915. The Morgan fingerprint density at radius 3 is 2.08 bits per heavy atom. The van der Waals surface area contributed by atoms with Gasteiger partial charge in [-0.2, -0.15) is 0 Å². The molecule has 0 fully saturated rings. The predicted octanol–water partition coefficient (Wildman–Crippen LogP) is 5.31. The quantitative estimate of drug-likeness (QED) is 0.553. The lowest BCUT2D eigenvalue weighted by Gasteiger charge is -2.02. The summed E-state index contributed by atoms with van der Waals surface area (Å²) in [6, 6.07) is 24.4. The van der Waals surface area contributed by atoms with Crippen LogP contribution in [0.25, 0.3) is 34.7 Å². The van der Waals surface area contributed by atoms with Gasteiger partial charge < -0.3 is 4.98 Å². The standard InChI is InChI=1S/C22H17N3/c1-3-7-17(8-4-1)11-12-20-24-21(18-9-5-2-6-10-18)22(25-20)19-13-15-23-16-14-19/h1-16H,(H,24,25). The number of H-pyrrole nitrogens is 1. The van der Waals surface area contributed by atoms with Crippen molar-refractivity contribution in [2.24, 2.45) is 0 Å². The van der Waals surface area contributed by atoms with Gasteiger partial charge in [0.25, 0.3) is 0 Å². The minimum absolute atomic E-state index is 0.828. The van der Waals surface area contributed by atoms with Crippen molar-refractivity contribution in [2.75, 3.05) is 0 Å². The summed E-state index contributed by atoms with van der Waals surface area (Å²) >= 11 is 0. The lowest BCUT2D eigenvalue weighted by Crippen LogP contribution is -1.83. The normalized spacial score (nSPS) is 11.0. The fourth-order valence-electron chi connectivity index (χ4n) is 2.74. The summed E-state index contributed by atoms with van der Waals surface area (Å²) in [6.07, 6.45) is 7.66. The van der Waals surface area contributed by atoms with Gasteiger partial charge in [0.2, 0.25) is 0 Å². The minimum atomic E-state index is 0.828. The number of nitrogens with one attached hydrogen (secondary N) is 1. The molecule has 120 valence electrons. The van der Waals surface area contributed by atoms with E-state index in [0.29, 0.717) is 0 Å². The zero-order valence-electron chi connectivity index (χ0n) is 13.6. The molecule has 0 aliphatic carbocycles. The molecule has 0 amide bonds. The fourth-order valence-corrected chi connectivity index (χ4v) is 2.74. The van der Waals surface area contributed by atoms with Gasteiger partial charge in [-0.25, -0.2) is 4.98 Å². The van der Waals surface area contributed by atoms with E-state index in [1.807, 2.05) is 54.6 Å². The molecule has 0 aliphatic heterocycles. The van der Waals surface area contributed by atoms with Crippen LogP contribution in [0, 0.1) is 0 Å². The smallest absolute Gasteiger partial charge is 0.131 e. The summed E-state index contributed by atoms with van der Waals surface area (Å²) in [5.74, 6) is 0.828. The first-order chi connectivity index (χ1) is 12.4. The zero-order chi connectivity index (χ0) is 16.9. The van der Waals surface area contributed by atoms with E-state index < -0.39 is 0 Å². The van der Waals surface area contributed by atoms with E-state index >= 15 is 0 Å². The highest BCUT2D eigenvalue weighted by molar-refractivity contribution is 5.80. The molecule has 25 heavy (non-hydrogen) atoms. The highest BCUT2D eigenvalue weighted by Gasteiger charge is 2.12. The van der Waals surface area contributed by atoms with Crippen LogP contribution in [-0.2, 0) is 0 Å². The van der Waals surface area contributed by atoms with Gasteiger partial charge in [-0.1, -0.05) is 66.7 Å². The second kappa shape index (κ2) is 6.97. The summed E-state index contributed by atoms with van der Waals surface area (Å²) in [5.41, 5.74) is 5.25. The second-order valence-corrected chi connectivity index (χ2v) is 5.69. The molecule has 2 heterocycles. The Labute approximate surface area is 146 Å². The number of imidazole rings is 1. The van der Waals surface area contributed by atoms with Crippen LogP contribution in [0.15, 0.2) is 85.2 Å². The number of pyridine rings is 1. The molecule has 4 aromatic rings. The van der Waals surface area contributed by atoms with Crippen molar-refractivity contribution in [2.45, 2.75) is 0 Å². The summed E-state index contributed by atoms with van der Waals surface area (Å²) in [7, 11) is 0. The molecule has 0 saturated heterocycles. The van der Waals surface area contributed by atoms with E-state index in [1.54, 1.807) is 12.4 Å². The van der Waals surface area contributed by atoms with Crippen LogP contribution in [-0.4, -0.2) is 15.0 Å². The van der Waals surface area contributed by atoms with Crippen molar-refractivity contribution in [3.05, 3.63) is 96.6 Å². The molecule has 3 heteroatoms. The third-order valence-electron chi connectivity index (χ3n) is 3.97. The van der Waals surface area contributed by atoms with Crippen molar-refractivity contribution >= 4 is 12.2 Å². The third-order valence-corrected chi connectivity index (χ3v) is 3.97. The highest BCUT2D eigenvalue weighted by Crippen LogP contribution is 2.30. The van der Waals surface area contributed by atoms with E-state index in [9.17, 15) is 0 Å². The Morgan fingerprint density at radius 1 is 0.680 bits per heavy atom. The van der Waals surface area contributed by atoms with Crippen molar-refractivity contribution in [1.82, 2.24) is 15.0 Å². The Hall–Kier alpha value is -3.46. The van der Waals surface area contributed by atoms with Gasteiger partial charge >= 0.3 is 0 Å². The summed E-state index contributed by atoms with van der Waals surface area (Å²) in [6.45, 7) is 0. The molecule has 2 aromatic heterocycles. The molecule has 1 N–H and O–H groups in total. The molecule has 0 aliphatic rings. The minimum Gasteiger partial charge on any atom is -0.338 e. The van der Waals surface area contributed by atoms with E-state index in [0.717, 1.165) is 33.9 Å². The molecule has 0 saturated carbocycles. The van der Waals surface area contributed by atoms with Gasteiger partial charge in [-0.15, -0.1) is 0 Å². The maximum atomic E-state index is 4.81. The zero-order valence-corrected chi connectivity index (χ0v) is 13.6. The van der Waals surface area contributed by atoms with Gasteiger partial charge in [0.15, 0.2) is 0 Å². The van der Waals surface area contributed by atoms with E-state index in [1.165, 1.54) is 0 Å². The first-order valence-electron chi connectivity index (χ1n) is 8.19. The topological polar surface area (TPSA) is 41.6 Å². The van der Waals surface area contributed by atoms with Gasteiger partial charge in [0, 0.05) is 23.5 Å². The Morgan fingerprint density at radius 2 is 1.36 bits per heavy atom. The lowest BCUT2D eigenvalue weighted by molar-refractivity contribution is 1.26. The van der Waals surface area contributed by atoms with Crippen LogP contribution in [0.4, 0.5) is 0 Å². The largest absolute Gasteiger partial charge is 0.338 e. The number of aromatic nitrogens is 3. The molecular formula is C22H17N3. The lowest BCUT2D eigenvalue weighted by atomic mass is 10.1. The maximum absolute atomic E-state index is 4.81. The van der Waals surface area contributed by atoms with Gasteiger partial charge in [-0.3, -0.25) is 4.98 Å². The van der Waals surface area contributed by atoms with Gasteiger partial charge in [0.1, 0.15) is 5.82 Å². The SMILES string of the molecule is C(=Cc1nc(-c2ccccc2)c(-c2ccncc2)[nH]1)c1ccccc1. The molecule has 2 aromatic carbocycles. The number of hydrogen-bond acceptors (Lipinski definition) is 2. The van der Waals surface area contributed by atoms with Crippen LogP contribution < -0.4 is 0 Å². The van der Waals surface area contributed by atoms with E-state index in [2.05, 4.69) is 40.3 Å². The molecule has 0 atom stereocenters. The monoisotopic (exact) mass is 323 g/mol. The number of nitrogens with zero attached hydrogens (tertiary/aromatic N) is 2. The molecule has 0 spiro atoms. The van der Waals surface area contributed by atoms with E-state index in [4.69, 9.17) is 4.98 Å². The van der Waals surface area contributed by atoms with Gasteiger partial charge in [0.05, 0.1) is 11.4 Å². The highest BCUT2D eigenvalue weighted by atomic mass is 14.9. The van der Waals surface area contributed by atoms with Crippen LogP contribution in [0.2, 0.25) is 0 Å². The van der Waals surface area contributed by atoms with Crippen molar-refractivity contribution < 1.29 is 0 Å². The fraction of sp³-hybridized carbons (Fsp3) is 0. The Kier molecular flexibility index (Phi) is 4.21.